The second-order valence-electron chi connectivity index (χ2n) is 3.38. The summed E-state index contributed by atoms with van der Waals surface area (Å²) in [6, 6.07) is 1.39. The standard InChI is InChI=1S/C10H12N2O4S/c1-3-5-12(8-10(13)14)17(15,16)9-4-6-11(2)7-9/h1,4,6-7H,5,8H2,2H3,(H,13,14). The van der Waals surface area contributed by atoms with E-state index < -0.39 is 22.5 Å². The van der Waals surface area contributed by atoms with E-state index in [1.807, 2.05) is 0 Å². The first-order chi connectivity index (χ1) is 7.87. The Morgan fingerprint density at radius 2 is 2.29 bits per heavy atom. The maximum Gasteiger partial charge on any atom is 0.318 e. The maximum absolute atomic E-state index is 12.0. The number of nitrogens with zero attached hydrogens (tertiary/aromatic N) is 2. The van der Waals surface area contributed by atoms with Gasteiger partial charge in [-0.2, -0.15) is 4.31 Å². The molecular formula is C10H12N2O4S. The maximum atomic E-state index is 12.0. The van der Waals surface area contributed by atoms with Crippen LogP contribution in [0.2, 0.25) is 0 Å². The molecule has 0 atom stereocenters. The third-order valence-corrected chi connectivity index (χ3v) is 3.80. The summed E-state index contributed by atoms with van der Waals surface area (Å²) in [5.41, 5.74) is 0. The van der Waals surface area contributed by atoms with Gasteiger partial charge in [0, 0.05) is 19.4 Å². The molecular weight excluding hydrogens is 244 g/mol. The number of carboxylic acids is 1. The van der Waals surface area contributed by atoms with Crippen molar-refractivity contribution >= 4 is 16.0 Å². The van der Waals surface area contributed by atoms with Crippen molar-refractivity contribution < 1.29 is 18.3 Å². The smallest absolute Gasteiger partial charge is 0.318 e. The molecule has 0 aliphatic rings. The molecule has 0 saturated carbocycles. The zero-order chi connectivity index (χ0) is 13.1. The molecule has 92 valence electrons. The van der Waals surface area contributed by atoms with Crippen LogP contribution in [0.3, 0.4) is 0 Å². The largest absolute Gasteiger partial charge is 0.480 e. The van der Waals surface area contributed by atoms with Gasteiger partial charge in [-0.1, -0.05) is 5.92 Å². The fraction of sp³-hybridized carbons (Fsp3) is 0.300. The van der Waals surface area contributed by atoms with Crippen LogP contribution < -0.4 is 0 Å². The Hall–Kier alpha value is -1.78. The van der Waals surface area contributed by atoms with Gasteiger partial charge in [-0.25, -0.2) is 8.42 Å². The molecule has 1 aromatic rings. The summed E-state index contributed by atoms with van der Waals surface area (Å²) in [6.45, 7) is -0.926. The molecule has 0 radical (unpaired) electrons. The Bertz CT molecular complexity index is 553. The minimum atomic E-state index is -3.85. The predicted octanol–water partition coefficient (Wildman–Crippen LogP) is -0.266. The molecule has 0 aliphatic heterocycles. The molecule has 0 bridgehead atoms. The molecule has 0 amide bonds. The minimum absolute atomic E-state index is 0.0245. The lowest BCUT2D eigenvalue weighted by Crippen LogP contribution is -2.35. The average Bonchev–Trinajstić information content (AvgIpc) is 2.64. The molecule has 0 saturated heterocycles. The molecule has 1 N–H and O–H groups in total. The Morgan fingerprint density at radius 1 is 1.65 bits per heavy atom. The van der Waals surface area contributed by atoms with Gasteiger partial charge in [0.25, 0.3) is 0 Å². The van der Waals surface area contributed by atoms with Crippen molar-refractivity contribution in [2.45, 2.75) is 4.90 Å². The predicted molar refractivity (Wildman–Crippen MR) is 60.6 cm³/mol. The second-order valence-corrected chi connectivity index (χ2v) is 5.32. The van der Waals surface area contributed by atoms with Gasteiger partial charge in [-0.05, 0) is 6.07 Å². The van der Waals surface area contributed by atoms with Gasteiger partial charge in [0.2, 0.25) is 10.0 Å². The fourth-order valence-electron chi connectivity index (χ4n) is 1.26. The molecule has 0 unspecified atom stereocenters. The SMILES string of the molecule is C#CCN(CC(=O)O)S(=O)(=O)c1ccn(C)c1. The Kier molecular flexibility index (Phi) is 3.93. The van der Waals surface area contributed by atoms with Crippen LogP contribution in [0.25, 0.3) is 0 Å². The lowest BCUT2D eigenvalue weighted by atomic mass is 10.6. The third-order valence-electron chi connectivity index (χ3n) is 2.02. The van der Waals surface area contributed by atoms with E-state index >= 15 is 0 Å². The average molecular weight is 256 g/mol. The van der Waals surface area contributed by atoms with Crippen LogP contribution >= 0.6 is 0 Å². The highest BCUT2D eigenvalue weighted by atomic mass is 32.2. The summed E-state index contributed by atoms with van der Waals surface area (Å²) < 4.78 is 26.3. The van der Waals surface area contributed by atoms with Crippen LogP contribution in [-0.2, 0) is 21.9 Å². The topological polar surface area (TPSA) is 79.6 Å². The van der Waals surface area contributed by atoms with Crippen LogP contribution in [0.15, 0.2) is 23.4 Å². The Morgan fingerprint density at radius 3 is 2.71 bits per heavy atom. The van der Waals surface area contributed by atoms with E-state index in [1.165, 1.54) is 12.3 Å². The highest BCUT2D eigenvalue weighted by Crippen LogP contribution is 2.15. The minimum Gasteiger partial charge on any atom is -0.480 e. The number of aromatic nitrogens is 1. The van der Waals surface area contributed by atoms with Crippen LogP contribution in [0.1, 0.15) is 0 Å². The molecule has 0 spiro atoms. The van der Waals surface area contributed by atoms with Gasteiger partial charge in [0.1, 0.15) is 6.54 Å². The summed E-state index contributed by atoms with van der Waals surface area (Å²) in [4.78, 5) is 10.6. The quantitative estimate of drug-likeness (QED) is 0.736. The van der Waals surface area contributed by atoms with Crippen molar-refractivity contribution in [1.82, 2.24) is 8.87 Å². The van der Waals surface area contributed by atoms with Crippen molar-refractivity contribution in [2.75, 3.05) is 13.1 Å². The highest BCUT2D eigenvalue weighted by Gasteiger charge is 2.26. The zero-order valence-electron chi connectivity index (χ0n) is 9.20. The van der Waals surface area contributed by atoms with E-state index in [0.29, 0.717) is 0 Å². The summed E-state index contributed by atoms with van der Waals surface area (Å²) in [5.74, 6) is 0.882. The van der Waals surface area contributed by atoms with Gasteiger partial charge in [0.15, 0.2) is 0 Å². The van der Waals surface area contributed by atoms with E-state index in [0.717, 1.165) is 4.31 Å². The number of terminal acetylenes is 1. The van der Waals surface area contributed by atoms with Gasteiger partial charge in [0.05, 0.1) is 11.4 Å². The number of aryl methyl sites for hydroxylation is 1. The van der Waals surface area contributed by atoms with E-state index in [-0.39, 0.29) is 11.4 Å². The first-order valence-electron chi connectivity index (χ1n) is 4.65. The number of carboxylic acid groups (broad SMARTS) is 1. The first-order valence-corrected chi connectivity index (χ1v) is 6.09. The number of aliphatic carboxylic acids is 1. The van der Waals surface area contributed by atoms with Crippen molar-refractivity contribution in [1.29, 1.82) is 0 Å². The summed E-state index contributed by atoms with van der Waals surface area (Å²) >= 11 is 0. The first kappa shape index (κ1) is 13.3. The second kappa shape index (κ2) is 5.03. The molecule has 1 aromatic heterocycles. The van der Waals surface area contributed by atoms with E-state index in [1.54, 1.807) is 17.8 Å². The zero-order valence-corrected chi connectivity index (χ0v) is 10.0. The molecule has 0 aromatic carbocycles. The molecule has 0 aliphatic carbocycles. The number of hydrogen-bond donors (Lipinski definition) is 1. The summed E-state index contributed by atoms with van der Waals surface area (Å²) in [7, 11) is -2.18. The number of sulfonamides is 1. The Labute approximate surface area is 99.5 Å². The molecule has 1 rings (SSSR count). The third kappa shape index (κ3) is 3.09. The Balaban J connectivity index is 3.09. The van der Waals surface area contributed by atoms with Crippen LogP contribution in [0.5, 0.6) is 0 Å². The van der Waals surface area contributed by atoms with Crippen molar-refractivity contribution in [3.63, 3.8) is 0 Å². The molecule has 6 nitrogen and oxygen atoms in total. The van der Waals surface area contributed by atoms with Gasteiger partial charge < -0.3 is 9.67 Å². The van der Waals surface area contributed by atoms with Crippen LogP contribution in [0, 0.1) is 12.3 Å². The van der Waals surface area contributed by atoms with E-state index in [9.17, 15) is 13.2 Å². The van der Waals surface area contributed by atoms with Crippen molar-refractivity contribution in [3.05, 3.63) is 18.5 Å². The fourth-order valence-corrected chi connectivity index (χ4v) is 2.61. The molecule has 1 heterocycles. The molecule has 0 fully saturated rings. The van der Waals surface area contributed by atoms with Gasteiger partial charge in [-0.3, -0.25) is 4.79 Å². The summed E-state index contributed by atoms with van der Waals surface area (Å²) in [6.07, 6.45) is 7.98. The normalized spacial score (nSPS) is 11.4. The number of rotatable bonds is 5. The number of carbonyl (C=O) groups is 1. The van der Waals surface area contributed by atoms with Crippen molar-refractivity contribution in [3.8, 4) is 12.3 Å². The van der Waals surface area contributed by atoms with Gasteiger partial charge >= 0.3 is 5.97 Å². The number of hydrogen-bond acceptors (Lipinski definition) is 3. The van der Waals surface area contributed by atoms with Crippen molar-refractivity contribution in [2.24, 2.45) is 7.05 Å². The van der Waals surface area contributed by atoms with Crippen LogP contribution in [-0.4, -0.2) is 41.5 Å². The van der Waals surface area contributed by atoms with E-state index in [4.69, 9.17) is 11.5 Å². The van der Waals surface area contributed by atoms with Gasteiger partial charge in [-0.15, -0.1) is 6.42 Å². The monoisotopic (exact) mass is 256 g/mol. The molecule has 17 heavy (non-hydrogen) atoms. The lowest BCUT2D eigenvalue weighted by molar-refractivity contribution is -0.137. The molecule has 7 heteroatoms. The lowest BCUT2D eigenvalue weighted by Gasteiger charge is -2.16. The highest BCUT2D eigenvalue weighted by molar-refractivity contribution is 7.89. The summed E-state index contributed by atoms with van der Waals surface area (Å²) in [5, 5.41) is 8.65. The van der Waals surface area contributed by atoms with E-state index in [2.05, 4.69) is 5.92 Å². The van der Waals surface area contributed by atoms with Crippen LogP contribution in [0.4, 0.5) is 0 Å².